The lowest BCUT2D eigenvalue weighted by Gasteiger charge is -2.35. The highest BCUT2D eigenvalue weighted by Gasteiger charge is 2.32. The molecule has 1 aromatic rings. The van der Waals surface area contributed by atoms with Crippen molar-refractivity contribution < 1.29 is 22.7 Å². The van der Waals surface area contributed by atoms with Crippen molar-refractivity contribution in [3.63, 3.8) is 0 Å². The van der Waals surface area contributed by atoms with E-state index in [1.165, 1.54) is 17.0 Å². The van der Waals surface area contributed by atoms with Crippen molar-refractivity contribution in [2.45, 2.75) is 57.0 Å². The molecule has 2 N–H and O–H groups in total. The third-order valence-corrected chi connectivity index (χ3v) is 6.70. The van der Waals surface area contributed by atoms with E-state index < -0.39 is 34.1 Å². The molecule has 1 saturated heterocycles. The smallest absolute Gasteiger partial charge is 0.243 e. The lowest BCUT2D eigenvalue weighted by molar-refractivity contribution is -0.141. The quantitative estimate of drug-likeness (QED) is 0.491. The van der Waals surface area contributed by atoms with Crippen LogP contribution in [0.15, 0.2) is 35.2 Å². The van der Waals surface area contributed by atoms with Gasteiger partial charge in [0.05, 0.1) is 24.7 Å². The summed E-state index contributed by atoms with van der Waals surface area (Å²) in [6.45, 7) is 10.9. The van der Waals surface area contributed by atoms with E-state index in [0.29, 0.717) is 39.1 Å². The Morgan fingerprint density at radius 2 is 1.79 bits per heavy atom. The van der Waals surface area contributed by atoms with Crippen molar-refractivity contribution in [3.05, 3.63) is 30.3 Å². The number of sulfonamides is 1. The molecule has 0 radical (unpaired) electrons. The van der Waals surface area contributed by atoms with Crippen LogP contribution in [0.5, 0.6) is 0 Å². The Bertz CT molecular complexity index is 865. The summed E-state index contributed by atoms with van der Waals surface area (Å²) in [5, 5.41) is 2.97. The maximum Gasteiger partial charge on any atom is 0.243 e. The van der Waals surface area contributed by atoms with Crippen LogP contribution in [-0.2, 0) is 24.3 Å². The van der Waals surface area contributed by atoms with Gasteiger partial charge in [0, 0.05) is 31.7 Å². The summed E-state index contributed by atoms with van der Waals surface area (Å²) < 4.78 is 33.0. The van der Waals surface area contributed by atoms with Crippen LogP contribution in [0.1, 0.15) is 40.5 Å². The van der Waals surface area contributed by atoms with Crippen molar-refractivity contribution in [1.82, 2.24) is 19.8 Å². The van der Waals surface area contributed by atoms with Gasteiger partial charge in [-0.15, -0.1) is 0 Å². The fourth-order valence-electron chi connectivity index (χ4n) is 3.62. The minimum Gasteiger partial charge on any atom is -0.379 e. The van der Waals surface area contributed by atoms with Gasteiger partial charge in [0.25, 0.3) is 0 Å². The van der Waals surface area contributed by atoms with Gasteiger partial charge in [-0.1, -0.05) is 31.5 Å². The molecule has 0 spiro atoms. The van der Waals surface area contributed by atoms with Gasteiger partial charge in [0.15, 0.2) is 0 Å². The number of rotatable bonds is 11. The average molecular weight is 483 g/mol. The summed E-state index contributed by atoms with van der Waals surface area (Å²) in [7, 11) is -3.84. The van der Waals surface area contributed by atoms with Crippen LogP contribution < -0.4 is 10.0 Å². The maximum absolute atomic E-state index is 13.3. The normalized spacial score (nSPS) is 16.2. The first-order chi connectivity index (χ1) is 15.5. The Labute approximate surface area is 197 Å². The Kier molecular flexibility index (Phi) is 10.3. The van der Waals surface area contributed by atoms with E-state index in [0.717, 1.165) is 13.1 Å². The third kappa shape index (κ3) is 9.04. The summed E-state index contributed by atoms with van der Waals surface area (Å²) in [5.74, 6) is -0.657. The molecule has 10 heteroatoms. The molecule has 0 bridgehead atoms. The minimum atomic E-state index is -3.84. The molecule has 2 rings (SSSR count). The largest absolute Gasteiger partial charge is 0.379 e. The van der Waals surface area contributed by atoms with Gasteiger partial charge < -0.3 is 15.0 Å². The van der Waals surface area contributed by atoms with Gasteiger partial charge in [-0.2, -0.15) is 0 Å². The molecule has 1 aromatic carbocycles. The van der Waals surface area contributed by atoms with E-state index >= 15 is 0 Å². The average Bonchev–Trinajstić information content (AvgIpc) is 2.77. The van der Waals surface area contributed by atoms with Crippen molar-refractivity contribution in [2.24, 2.45) is 0 Å². The number of amides is 2. The van der Waals surface area contributed by atoms with E-state index in [1.807, 2.05) is 27.7 Å². The number of carbonyl (C=O) groups is 2. The van der Waals surface area contributed by atoms with Crippen LogP contribution in [0.3, 0.4) is 0 Å². The highest BCUT2D eigenvalue weighted by Crippen LogP contribution is 2.13. The molecule has 1 heterocycles. The standard InChI is InChI=1S/C23H38N4O5S/c1-5-9-20(22(29)25-23(2,3)4)27(13-12-26-14-16-32-17-15-26)21(28)18-24-33(30,31)19-10-7-6-8-11-19/h6-8,10-11,20,24H,5,9,12-18H2,1-4H3,(H,25,29)/t20-/m0/s1. The number of benzene rings is 1. The fraction of sp³-hybridized carbons (Fsp3) is 0.652. The number of nitrogens with one attached hydrogen (secondary N) is 2. The molecule has 186 valence electrons. The SMILES string of the molecule is CCC[C@@H](C(=O)NC(C)(C)C)N(CCN1CCOCC1)C(=O)CNS(=O)(=O)c1ccccc1. The highest BCUT2D eigenvalue weighted by atomic mass is 32.2. The number of nitrogens with zero attached hydrogens (tertiary/aromatic N) is 2. The summed E-state index contributed by atoms with van der Waals surface area (Å²) in [5.41, 5.74) is -0.448. The molecule has 0 aliphatic carbocycles. The molecule has 1 aliphatic rings. The predicted molar refractivity (Wildman–Crippen MR) is 127 cm³/mol. The third-order valence-electron chi connectivity index (χ3n) is 5.29. The minimum absolute atomic E-state index is 0.0910. The summed E-state index contributed by atoms with van der Waals surface area (Å²) in [6, 6.07) is 7.24. The van der Waals surface area contributed by atoms with Crippen molar-refractivity contribution in [3.8, 4) is 0 Å². The number of hydrogen-bond donors (Lipinski definition) is 2. The molecule has 33 heavy (non-hydrogen) atoms. The van der Waals surface area contributed by atoms with E-state index in [4.69, 9.17) is 4.74 Å². The molecular weight excluding hydrogens is 444 g/mol. The van der Waals surface area contributed by atoms with Gasteiger partial charge in [-0.25, -0.2) is 13.1 Å². The Hall–Kier alpha value is -2.01. The van der Waals surface area contributed by atoms with Crippen molar-refractivity contribution in [2.75, 3.05) is 45.9 Å². The Morgan fingerprint density at radius 1 is 1.15 bits per heavy atom. The van der Waals surface area contributed by atoms with Gasteiger partial charge in [-0.05, 0) is 39.3 Å². The molecule has 0 saturated carbocycles. The Balaban J connectivity index is 2.17. The lowest BCUT2D eigenvalue weighted by atomic mass is 10.0. The van der Waals surface area contributed by atoms with Gasteiger partial charge in [0.1, 0.15) is 6.04 Å². The second-order valence-electron chi connectivity index (χ2n) is 9.22. The van der Waals surface area contributed by atoms with Crippen LogP contribution in [0.25, 0.3) is 0 Å². The summed E-state index contributed by atoms with van der Waals surface area (Å²) in [6.07, 6.45) is 1.20. The highest BCUT2D eigenvalue weighted by molar-refractivity contribution is 7.89. The van der Waals surface area contributed by atoms with Crippen molar-refractivity contribution >= 4 is 21.8 Å². The summed E-state index contributed by atoms with van der Waals surface area (Å²) in [4.78, 5) is 30.1. The predicted octanol–water partition coefficient (Wildman–Crippen LogP) is 1.21. The van der Waals surface area contributed by atoms with E-state index in [2.05, 4.69) is 14.9 Å². The molecule has 0 aromatic heterocycles. The first-order valence-electron chi connectivity index (χ1n) is 11.5. The monoisotopic (exact) mass is 482 g/mol. The molecule has 0 unspecified atom stereocenters. The van der Waals surface area contributed by atoms with Crippen LogP contribution in [0.2, 0.25) is 0 Å². The molecule has 1 fully saturated rings. The van der Waals surface area contributed by atoms with Crippen molar-refractivity contribution in [1.29, 1.82) is 0 Å². The van der Waals surface area contributed by atoms with Crippen LogP contribution in [-0.4, -0.2) is 87.6 Å². The first-order valence-corrected chi connectivity index (χ1v) is 13.0. The van der Waals surface area contributed by atoms with E-state index in [9.17, 15) is 18.0 Å². The first kappa shape index (κ1) is 27.2. The van der Waals surface area contributed by atoms with Crippen LogP contribution in [0.4, 0.5) is 0 Å². The van der Waals surface area contributed by atoms with Gasteiger partial charge in [0.2, 0.25) is 21.8 Å². The second-order valence-corrected chi connectivity index (χ2v) is 11.0. The molecule has 9 nitrogen and oxygen atoms in total. The zero-order valence-corrected chi connectivity index (χ0v) is 21.0. The van der Waals surface area contributed by atoms with Crippen LogP contribution >= 0.6 is 0 Å². The van der Waals surface area contributed by atoms with Gasteiger partial charge in [-0.3, -0.25) is 14.5 Å². The maximum atomic E-state index is 13.3. The topological polar surface area (TPSA) is 108 Å². The number of morpholine rings is 1. The molecular formula is C23H38N4O5S. The van der Waals surface area contributed by atoms with Crippen LogP contribution in [0, 0.1) is 0 Å². The van der Waals surface area contributed by atoms with Gasteiger partial charge >= 0.3 is 0 Å². The van der Waals surface area contributed by atoms with E-state index in [-0.39, 0.29) is 10.8 Å². The number of carbonyl (C=O) groups excluding carboxylic acids is 2. The molecule has 1 aliphatic heterocycles. The Morgan fingerprint density at radius 3 is 2.36 bits per heavy atom. The second kappa shape index (κ2) is 12.5. The number of hydrogen-bond acceptors (Lipinski definition) is 6. The molecule has 1 atom stereocenters. The lowest BCUT2D eigenvalue weighted by Crippen LogP contribution is -2.57. The number of ether oxygens (including phenoxy) is 1. The fourth-order valence-corrected chi connectivity index (χ4v) is 4.62. The van der Waals surface area contributed by atoms with E-state index in [1.54, 1.807) is 18.2 Å². The molecule has 2 amide bonds. The zero-order valence-electron chi connectivity index (χ0n) is 20.2. The zero-order chi connectivity index (χ0) is 24.5. The summed E-state index contributed by atoms with van der Waals surface area (Å²) >= 11 is 0.